The summed E-state index contributed by atoms with van der Waals surface area (Å²) in [5, 5.41) is 14.2. The van der Waals surface area contributed by atoms with Gasteiger partial charge in [0.15, 0.2) is 0 Å². The first-order chi connectivity index (χ1) is 8.90. The lowest BCUT2D eigenvalue weighted by Crippen LogP contribution is -2.32. The summed E-state index contributed by atoms with van der Waals surface area (Å²) in [5.74, 6) is 0.427. The Morgan fingerprint density at radius 3 is 2.47 bits per heavy atom. The van der Waals surface area contributed by atoms with E-state index < -0.39 is 11.7 Å². The molecule has 5 heteroatoms. The molecule has 0 unspecified atom stereocenters. The molecule has 1 amide bonds. The van der Waals surface area contributed by atoms with Crippen molar-refractivity contribution in [2.75, 3.05) is 0 Å². The molecule has 108 valence electrons. The minimum atomic E-state index is -0.545. The quantitative estimate of drug-likeness (QED) is 0.468. The van der Waals surface area contributed by atoms with Gasteiger partial charge in [0, 0.05) is 0 Å². The lowest BCUT2D eigenvalue weighted by molar-refractivity contribution is 0.0549. The standard InChI is InChI=1S/C14H24N2O3/c1-14(2,3)19-13(17)16-12(10-15-18)9-11-7-5-4-6-8-11/h9-11,18H,4-8H2,1-3H3,(H,16,17)/b12-9-,15-10+. The number of alkyl carbamates (subject to hydrolysis) is 1. The maximum Gasteiger partial charge on any atom is 0.412 e. The summed E-state index contributed by atoms with van der Waals surface area (Å²) in [6.45, 7) is 5.41. The molecule has 0 atom stereocenters. The maximum absolute atomic E-state index is 11.7. The van der Waals surface area contributed by atoms with E-state index in [2.05, 4.69) is 10.5 Å². The van der Waals surface area contributed by atoms with Crippen LogP contribution in [0.15, 0.2) is 16.9 Å². The third-order valence-electron chi connectivity index (χ3n) is 2.91. The molecule has 1 saturated carbocycles. The highest BCUT2D eigenvalue weighted by atomic mass is 16.6. The molecule has 2 N–H and O–H groups in total. The van der Waals surface area contributed by atoms with Crippen LogP contribution in [0.2, 0.25) is 0 Å². The fourth-order valence-corrected chi connectivity index (χ4v) is 2.16. The number of allylic oxidation sites excluding steroid dienone is 2. The molecule has 0 bridgehead atoms. The van der Waals surface area contributed by atoms with Gasteiger partial charge in [-0.05, 0) is 39.5 Å². The number of carbonyl (C=O) groups is 1. The lowest BCUT2D eigenvalue weighted by atomic mass is 9.89. The molecule has 0 aromatic heterocycles. The van der Waals surface area contributed by atoms with Gasteiger partial charge in [0.05, 0.1) is 11.9 Å². The van der Waals surface area contributed by atoms with Crippen LogP contribution in [0.1, 0.15) is 52.9 Å². The van der Waals surface area contributed by atoms with E-state index in [1.165, 1.54) is 25.5 Å². The Labute approximate surface area is 114 Å². The molecule has 0 saturated heterocycles. The molecule has 0 aromatic rings. The Morgan fingerprint density at radius 1 is 1.32 bits per heavy atom. The van der Waals surface area contributed by atoms with Crippen LogP contribution >= 0.6 is 0 Å². The van der Waals surface area contributed by atoms with Gasteiger partial charge in [0.2, 0.25) is 0 Å². The van der Waals surface area contributed by atoms with E-state index in [9.17, 15) is 4.79 Å². The molecular weight excluding hydrogens is 244 g/mol. The molecule has 1 rings (SSSR count). The number of hydrogen-bond acceptors (Lipinski definition) is 4. The predicted octanol–water partition coefficient (Wildman–Crippen LogP) is 3.44. The zero-order valence-electron chi connectivity index (χ0n) is 12.0. The smallest absolute Gasteiger partial charge is 0.412 e. The average Bonchev–Trinajstić information content (AvgIpc) is 2.27. The van der Waals surface area contributed by atoms with Crippen molar-refractivity contribution in [2.45, 2.75) is 58.5 Å². The fourth-order valence-electron chi connectivity index (χ4n) is 2.16. The van der Waals surface area contributed by atoms with E-state index in [1.54, 1.807) is 20.8 Å². The molecular formula is C14H24N2O3. The molecule has 1 aliphatic carbocycles. The lowest BCUT2D eigenvalue weighted by Gasteiger charge is -2.21. The summed E-state index contributed by atoms with van der Waals surface area (Å²) in [4.78, 5) is 11.7. The second kappa shape index (κ2) is 7.16. The number of oxime groups is 1. The number of rotatable bonds is 3. The van der Waals surface area contributed by atoms with Gasteiger partial charge in [-0.3, -0.25) is 5.32 Å². The van der Waals surface area contributed by atoms with Gasteiger partial charge >= 0.3 is 6.09 Å². The molecule has 1 fully saturated rings. The minimum Gasteiger partial charge on any atom is -0.444 e. The zero-order valence-corrected chi connectivity index (χ0v) is 12.0. The maximum atomic E-state index is 11.7. The van der Waals surface area contributed by atoms with E-state index in [0.29, 0.717) is 11.6 Å². The SMILES string of the molecule is CC(C)(C)OC(=O)NC(=C\C1CCCCC1)/C=N/O. The van der Waals surface area contributed by atoms with Gasteiger partial charge in [-0.2, -0.15) is 0 Å². The average molecular weight is 268 g/mol. The van der Waals surface area contributed by atoms with Gasteiger partial charge < -0.3 is 9.94 Å². The van der Waals surface area contributed by atoms with Crippen LogP contribution in [-0.4, -0.2) is 23.1 Å². The van der Waals surface area contributed by atoms with Crippen molar-refractivity contribution in [1.29, 1.82) is 0 Å². The molecule has 0 aromatic carbocycles. The van der Waals surface area contributed by atoms with Gasteiger partial charge in [0.25, 0.3) is 0 Å². The summed E-state index contributed by atoms with van der Waals surface area (Å²) in [6, 6.07) is 0. The summed E-state index contributed by atoms with van der Waals surface area (Å²) in [5.41, 5.74) is -0.0558. The van der Waals surface area contributed by atoms with Crippen molar-refractivity contribution in [3.8, 4) is 0 Å². The van der Waals surface area contributed by atoms with Gasteiger partial charge in [-0.25, -0.2) is 4.79 Å². The van der Waals surface area contributed by atoms with Crippen molar-refractivity contribution in [3.63, 3.8) is 0 Å². The summed E-state index contributed by atoms with van der Waals surface area (Å²) < 4.78 is 5.17. The third-order valence-corrected chi connectivity index (χ3v) is 2.91. The Bertz CT molecular complexity index is 350. The number of nitrogens with zero attached hydrogens (tertiary/aromatic N) is 1. The largest absolute Gasteiger partial charge is 0.444 e. The monoisotopic (exact) mass is 268 g/mol. The minimum absolute atomic E-state index is 0.427. The van der Waals surface area contributed by atoms with E-state index in [0.717, 1.165) is 12.8 Å². The van der Waals surface area contributed by atoms with Crippen molar-refractivity contribution in [1.82, 2.24) is 5.32 Å². The van der Waals surface area contributed by atoms with Crippen molar-refractivity contribution >= 4 is 12.3 Å². The number of hydrogen-bond donors (Lipinski definition) is 2. The van der Waals surface area contributed by atoms with E-state index in [4.69, 9.17) is 9.94 Å². The second-order valence-electron chi connectivity index (χ2n) is 5.89. The van der Waals surface area contributed by atoms with Crippen LogP contribution in [0.4, 0.5) is 4.79 Å². The zero-order chi connectivity index (χ0) is 14.3. The van der Waals surface area contributed by atoms with E-state index in [1.807, 2.05) is 6.08 Å². The number of carbonyl (C=O) groups excluding carboxylic acids is 1. The molecule has 0 aliphatic heterocycles. The molecule has 0 heterocycles. The molecule has 19 heavy (non-hydrogen) atoms. The number of nitrogens with one attached hydrogen (secondary N) is 1. The first-order valence-electron chi connectivity index (χ1n) is 6.80. The first-order valence-corrected chi connectivity index (χ1v) is 6.80. The van der Waals surface area contributed by atoms with Crippen LogP contribution in [-0.2, 0) is 4.74 Å². The van der Waals surface area contributed by atoms with Crippen molar-refractivity contribution in [3.05, 3.63) is 11.8 Å². The van der Waals surface area contributed by atoms with Crippen LogP contribution in [0.25, 0.3) is 0 Å². The highest BCUT2D eigenvalue weighted by Crippen LogP contribution is 2.25. The molecule has 0 radical (unpaired) electrons. The van der Waals surface area contributed by atoms with Gasteiger partial charge in [-0.1, -0.05) is 30.5 Å². The van der Waals surface area contributed by atoms with E-state index in [-0.39, 0.29) is 0 Å². The van der Waals surface area contributed by atoms with Gasteiger partial charge in [-0.15, -0.1) is 0 Å². The van der Waals surface area contributed by atoms with Crippen LogP contribution in [0, 0.1) is 5.92 Å². The van der Waals surface area contributed by atoms with Gasteiger partial charge in [0.1, 0.15) is 5.60 Å². The normalized spacial score (nSPS) is 18.6. The summed E-state index contributed by atoms with van der Waals surface area (Å²) >= 11 is 0. The molecule has 0 spiro atoms. The Hall–Kier alpha value is -1.52. The highest BCUT2D eigenvalue weighted by Gasteiger charge is 2.17. The fraction of sp³-hybridized carbons (Fsp3) is 0.714. The van der Waals surface area contributed by atoms with E-state index >= 15 is 0 Å². The first kappa shape index (κ1) is 15.5. The highest BCUT2D eigenvalue weighted by molar-refractivity contribution is 5.84. The Morgan fingerprint density at radius 2 is 1.95 bits per heavy atom. The molecule has 1 aliphatic rings. The number of ether oxygens (including phenoxy) is 1. The van der Waals surface area contributed by atoms with Crippen molar-refractivity contribution < 1.29 is 14.7 Å². The van der Waals surface area contributed by atoms with Crippen molar-refractivity contribution in [2.24, 2.45) is 11.1 Å². The van der Waals surface area contributed by atoms with Crippen LogP contribution in [0.3, 0.4) is 0 Å². The molecule has 5 nitrogen and oxygen atoms in total. The third kappa shape index (κ3) is 6.84. The Balaban J connectivity index is 2.61. The Kier molecular flexibility index (Phi) is 5.86. The number of amides is 1. The second-order valence-corrected chi connectivity index (χ2v) is 5.89. The summed E-state index contributed by atoms with van der Waals surface area (Å²) in [6.07, 6.45) is 8.55. The predicted molar refractivity (Wildman–Crippen MR) is 74.3 cm³/mol. The topological polar surface area (TPSA) is 70.9 Å². The summed E-state index contributed by atoms with van der Waals surface area (Å²) in [7, 11) is 0. The van der Waals surface area contributed by atoms with Crippen LogP contribution < -0.4 is 5.32 Å². The van der Waals surface area contributed by atoms with Crippen LogP contribution in [0.5, 0.6) is 0 Å².